The van der Waals surface area contributed by atoms with Gasteiger partial charge in [-0.15, -0.1) is 0 Å². The fraction of sp³-hybridized carbons (Fsp3) is 0.524. The topological polar surface area (TPSA) is 57.2 Å². The average Bonchev–Trinajstić information content (AvgIpc) is 2.88. The molecule has 0 N–H and O–H groups in total. The summed E-state index contributed by atoms with van der Waals surface area (Å²) >= 11 is 5.16. The summed E-state index contributed by atoms with van der Waals surface area (Å²) in [5.41, 5.74) is 3.57. The van der Waals surface area contributed by atoms with Gasteiger partial charge in [-0.1, -0.05) is 17.7 Å². The summed E-state index contributed by atoms with van der Waals surface area (Å²) in [5, 5.41) is 1.87. The van der Waals surface area contributed by atoms with Crippen molar-refractivity contribution in [1.29, 1.82) is 0 Å². The minimum atomic E-state index is -0.855. The number of aryl methyl sites for hydroxylation is 3. The minimum absolute atomic E-state index is 0.0279. The molecule has 3 rings (SSSR count). The average molecular weight is 406 g/mol. The highest BCUT2D eigenvalue weighted by atomic mass is 32.1. The monoisotopic (exact) mass is 405 g/mol. The second-order valence-electron chi connectivity index (χ2n) is 7.26. The van der Waals surface area contributed by atoms with Crippen LogP contribution < -0.4 is 0 Å². The molecule has 28 heavy (non-hydrogen) atoms. The van der Waals surface area contributed by atoms with Gasteiger partial charge >= 0.3 is 11.2 Å². The Labute approximate surface area is 171 Å². The highest BCUT2D eigenvalue weighted by Crippen LogP contribution is 2.46. The van der Waals surface area contributed by atoms with Crippen LogP contribution in [0.3, 0.4) is 0 Å². The first-order chi connectivity index (χ1) is 13.3. The van der Waals surface area contributed by atoms with E-state index in [9.17, 15) is 4.79 Å². The van der Waals surface area contributed by atoms with Crippen LogP contribution in [0.5, 0.6) is 0 Å². The largest absolute Gasteiger partial charge is 0.460 e. The van der Waals surface area contributed by atoms with Gasteiger partial charge in [0.25, 0.3) is 0 Å². The molecule has 1 aromatic rings. The molecule has 1 aromatic carbocycles. The molecule has 1 saturated heterocycles. The van der Waals surface area contributed by atoms with E-state index < -0.39 is 5.60 Å². The van der Waals surface area contributed by atoms with Crippen LogP contribution in [0.15, 0.2) is 17.9 Å². The zero-order chi connectivity index (χ0) is 20.5. The third kappa shape index (κ3) is 3.79. The first-order valence-corrected chi connectivity index (χ1v) is 9.92. The Balaban J connectivity index is 2.09. The zero-order valence-corrected chi connectivity index (χ0v) is 17.9. The van der Waals surface area contributed by atoms with Crippen LogP contribution in [0.1, 0.15) is 42.0 Å². The number of rotatable bonds is 4. The number of esters is 1. The molecule has 0 unspecified atom stereocenters. The van der Waals surface area contributed by atoms with Crippen molar-refractivity contribution in [2.75, 3.05) is 26.8 Å². The Morgan fingerprint density at radius 2 is 1.82 bits per heavy atom. The van der Waals surface area contributed by atoms with Gasteiger partial charge in [0, 0.05) is 38.1 Å². The molecule has 2 aliphatic heterocycles. The van der Waals surface area contributed by atoms with Crippen molar-refractivity contribution < 1.29 is 23.8 Å². The minimum Gasteiger partial charge on any atom is -0.460 e. The van der Waals surface area contributed by atoms with E-state index in [-0.39, 0.29) is 11.2 Å². The van der Waals surface area contributed by atoms with Crippen molar-refractivity contribution >= 4 is 29.0 Å². The SMILES string of the molecule is CCON1CCC2(CC1)OC(=O)C(c1c(C)cc(C)cc1C)=C2OC(=S)OC. The first-order valence-electron chi connectivity index (χ1n) is 9.51. The summed E-state index contributed by atoms with van der Waals surface area (Å²) in [6.45, 7) is 9.83. The predicted molar refractivity (Wildman–Crippen MR) is 110 cm³/mol. The van der Waals surface area contributed by atoms with Crippen LogP contribution in [0.4, 0.5) is 0 Å². The van der Waals surface area contributed by atoms with Crippen molar-refractivity contribution in [3.63, 3.8) is 0 Å². The van der Waals surface area contributed by atoms with Crippen molar-refractivity contribution in [3.05, 3.63) is 40.1 Å². The van der Waals surface area contributed by atoms with E-state index in [1.165, 1.54) is 7.11 Å². The Morgan fingerprint density at radius 3 is 2.36 bits per heavy atom. The summed E-state index contributed by atoms with van der Waals surface area (Å²) in [6.07, 6.45) is 1.13. The summed E-state index contributed by atoms with van der Waals surface area (Å²) in [6, 6.07) is 4.11. The van der Waals surface area contributed by atoms with Crippen molar-refractivity contribution in [1.82, 2.24) is 5.06 Å². The van der Waals surface area contributed by atoms with E-state index in [4.69, 9.17) is 31.3 Å². The third-order valence-corrected chi connectivity index (χ3v) is 5.50. The molecule has 0 aliphatic carbocycles. The lowest BCUT2D eigenvalue weighted by Gasteiger charge is -2.38. The van der Waals surface area contributed by atoms with E-state index in [1.54, 1.807) is 0 Å². The van der Waals surface area contributed by atoms with Crippen molar-refractivity contribution in [2.45, 2.75) is 46.1 Å². The number of piperidine rings is 1. The quantitative estimate of drug-likeness (QED) is 0.560. The summed E-state index contributed by atoms with van der Waals surface area (Å²) < 4.78 is 16.9. The number of hydrogen-bond donors (Lipinski definition) is 0. The maximum absolute atomic E-state index is 13.0. The van der Waals surface area contributed by atoms with Crippen LogP contribution in [-0.4, -0.2) is 48.7 Å². The van der Waals surface area contributed by atoms with Crippen molar-refractivity contribution in [3.8, 4) is 0 Å². The number of ether oxygens (including phenoxy) is 3. The molecule has 0 atom stereocenters. The lowest BCUT2D eigenvalue weighted by atomic mass is 9.86. The highest BCUT2D eigenvalue weighted by molar-refractivity contribution is 7.79. The van der Waals surface area contributed by atoms with Crippen LogP contribution in [0.25, 0.3) is 5.57 Å². The zero-order valence-electron chi connectivity index (χ0n) is 17.1. The van der Waals surface area contributed by atoms with Gasteiger partial charge in [-0.3, -0.25) is 4.84 Å². The molecule has 0 saturated carbocycles. The second kappa shape index (κ2) is 8.19. The number of hydroxylamine groups is 2. The maximum Gasteiger partial charge on any atom is 0.357 e. The summed E-state index contributed by atoms with van der Waals surface area (Å²) in [7, 11) is 1.45. The maximum atomic E-state index is 13.0. The number of benzene rings is 1. The molecule has 0 radical (unpaired) electrons. The van der Waals surface area contributed by atoms with Gasteiger partial charge in [-0.25, -0.2) is 4.79 Å². The lowest BCUT2D eigenvalue weighted by Crippen LogP contribution is -2.46. The molecule has 1 fully saturated rings. The number of thiocarbonyl (C=S) groups is 1. The summed E-state index contributed by atoms with van der Waals surface area (Å²) in [5.74, 6) is 0.0735. The normalized spacial score (nSPS) is 19.1. The predicted octanol–water partition coefficient (Wildman–Crippen LogP) is 3.61. The van der Waals surface area contributed by atoms with Gasteiger partial charge < -0.3 is 14.2 Å². The number of carbonyl (C=O) groups is 1. The molecule has 152 valence electrons. The molecule has 7 heteroatoms. The van der Waals surface area contributed by atoms with Gasteiger partial charge in [-0.2, -0.15) is 5.06 Å². The van der Waals surface area contributed by atoms with E-state index in [1.807, 2.05) is 32.8 Å². The van der Waals surface area contributed by atoms with Gasteiger partial charge in [0.1, 0.15) is 5.57 Å². The Hall–Kier alpha value is -1.96. The molecule has 0 amide bonds. The van der Waals surface area contributed by atoms with E-state index in [2.05, 4.69) is 12.1 Å². The number of hydrogen-bond acceptors (Lipinski definition) is 7. The molecule has 2 heterocycles. The first kappa shape index (κ1) is 20.8. The van der Waals surface area contributed by atoms with Crippen LogP contribution >= 0.6 is 12.2 Å². The van der Waals surface area contributed by atoms with Crippen molar-refractivity contribution in [2.24, 2.45) is 0 Å². The van der Waals surface area contributed by atoms with E-state index in [0.29, 0.717) is 43.9 Å². The standard InChI is InChI=1S/C21H27NO5S/c1-6-25-22-9-7-21(8-10-22)18(26-20(28)24-5)17(19(23)27-21)16-14(3)11-13(2)12-15(16)4/h11-12H,6-10H2,1-5H3. The van der Waals surface area contributed by atoms with Gasteiger partial charge in [-0.05, 0) is 44.4 Å². The number of carbonyl (C=O) groups excluding carboxylic acids is 1. The third-order valence-electron chi connectivity index (χ3n) is 5.25. The highest BCUT2D eigenvalue weighted by Gasteiger charge is 2.52. The fourth-order valence-electron chi connectivity index (χ4n) is 4.14. The van der Waals surface area contributed by atoms with E-state index >= 15 is 0 Å². The fourth-order valence-corrected chi connectivity index (χ4v) is 4.23. The molecular formula is C21H27NO5S. The van der Waals surface area contributed by atoms with Crippen LogP contribution in [-0.2, 0) is 23.8 Å². The van der Waals surface area contributed by atoms with Gasteiger partial charge in [0.05, 0.1) is 13.7 Å². The summed E-state index contributed by atoms with van der Waals surface area (Å²) in [4.78, 5) is 18.6. The number of methoxy groups -OCH3 is 1. The Morgan fingerprint density at radius 1 is 1.21 bits per heavy atom. The van der Waals surface area contributed by atoms with E-state index in [0.717, 1.165) is 22.3 Å². The van der Waals surface area contributed by atoms with Crippen LogP contribution in [0, 0.1) is 20.8 Å². The molecule has 2 aliphatic rings. The van der Waals surface area contributed by atoms with Crippen LogP contribution in [0.2, 0.25) is 0 Å². The Kier molecular flexibility index (Phi) is 6.07. The molecular weight excluding hydrogens is 378 g/mol. The molecule has 0 bridgehead atoms. The van der Waals surface area contributed by atoms with Gasteiger partial charge in [0.15, 0.2) is 11.4 Å². The Bertz CT molecular complexity index is 801. The molecule has 1 spiro atoms. The second-order valence-corrected chi connectivity index (χ2v) is 7.60. The number of nitrogens with zero attached hydrogens (tertiary/aromatic N) is 1. The molecule has 6 nitrogen and oxygen atoms in total. The lowest BCUT2D eigenvalue weighted by molar-refractivity contribution is -0.195. The van der Waals surface area contributed by atoms with Gasteiger partial charge in [0.2, 0.25) is 0 Å². The smallest absolute Gasteiger partial charge is 0.357 e. The molecule has 0 aromatic heterocycles.